The molecule has 2 aromatic rings. The van der Waals surface area contributed by atoms with Crippen LogP contribution in [0.3, 0.4) is 0 Å². The minimum atomic E-state index is -0.169. The van der Waals surface area contributed by atoms with Crippen LogP contribution in [-0.2, 0) is 0 Å². The number of carbonyl (C=O) groups excluding carboxylic acids is 2. The lowest BCUT2D eigenvalue weighted by atomic mass is 10.1. The van der Waals surface area contributed by atoms with Crippen molar-refractivity contribution >= 4 is 17.4 Å². The van der Waals surface area contributed by atoms with E-state index < -0.39 is 0 Å². The van der Waals surface area contributed by atoms with Crippen LogP contribution in [0.2, 0.25) is 0 Å². The lowest BCUT2D eigenvalue weighted by Crippen LogP contribution is -2.26. The average molecular weight is 284 g/mol. The first-order chi connectivity index (χ1) is 10.0. The van der Waals surface area contributed by atoms with Crippen molar-refractivity contribution in [2.45, 2.75) is 6.92 Å². The molecule has 108 valence electrons. The van der Waals surface area contributed by atoms with Crippen LogP contribution >= 0.6 is 0 Å². The fourth-order valence-corrected chi connectivity index (χ4v) is 1.85. The number of benzene rings is 1. The van der Waals surface area contributed by atoms with E-state index in [2.05, 4.69) is 4.98 Å². The second kappa shape index (κ2) is 6.17. The highest BCUT2D eigenvalue weighted by Crippen LogP contribution is 2.17. The molecule has 21 heavy (non-hydrogen) atoms. The summed E-state index contributed by atoms with van der Waals surface area (Å²) in [5, 5.41) is 0. The molecule has 0 unspecified atom stereocenters. The van der Waals surface area contributed by atoms with Crippen molar-refractivity contribution < 1.29 is 14.3 Å². The number of carbonyl (C=O) groups is 2. The van der Waals surface area contributed by atoms with Crippen LogP contribution in [0.5, 0.6) is 5.88 Å². The highest BCUT2D eigenvalue weighted by atomic mass is 16.5. The first-order valence-corrected chi connectivity index (χ1v) is 6.42. The van der Waals surface area contributed by atoms with Crippen molar-refractivity contribution in [3.8, 4) is 5.88 Å². The minimum absolute atomic E-state index is 0.0262. The highest BCUT2D eigenvalue weighted by molar-refractivity contribution is 6.06. The molecule has 1 aromatic carbocycles. The van der Waals surface area contributed by atoms with E-state index in [0.29, 0.717) is 22.7 Å². The van der Waals surface area contributed by atoms with E-state index in [-0.39, 0.29) is 11.7 Å². The zero-order valence-electron chi connectivity index (χ0n) is 12.2. The zero-order valence-corrected chi connectivity index (χ0v) is 12.2. The predicted molar refractivity (Wildman–Crippen MR) is 80.0 cm³/mol. The second-order valence-electron chi connectivity index (χ2n) is 4.56. The average Bonchev–Trinajstić information content (AvgIpc) is 2.53. The fraction of sp³-hybridized carbons (Fsp3) is 0.188. The van der Waals surface area contributed by atoms with Crippen molar-refractivity contribution in [1.29, 1.82) is 0 Å². The molecule has 0 saturated carbocycles. The summed E-state index contributed by atoms with van der Waals surface area (Å²) in [7, 11) is 3.21. The van der Waals surface area contributed by atoms with Crippen LogP contribution < -0.4 is 9.64 Å². The standard InChI is InChI=1S/C16H16N2O3/c1-11(19)12-4-6-13(7-5-12)16(20)18(2)14-8-9-15(21-3)17-10-14/h4-10H,1-3H3. The molecule has 0 radical (unpaired) electrons. The molecule has 1 aromatic heterocycles. The van der Waals surface area contributed by atoms with Gasteiger partial charge in [-0.25, -0.2) is 4.98 Å². The van der Waals surface area contributed by atoms with Crippen LogP contribution in [0, 0.1) is 0 Å². The molecule has 1 amide bonds. The van der Waals surface area contributed by atoms with Gasteiger partial charge in [0.2, 0.25) is 5.88 Å². The van der Waals surface area contributed by atoms with Gasteiger partial charge >= 0.3 is 0 Å². The van der Waals surface area contributed by atoms with Gasteiger partial charge in [-0.3, -0.25) is 9.59 Å². The molecule has 5 heteroatoms. The number of anilines is 1. The Bertz CT molecular complexity index is 648. The summed E-state index contributed by atoms with van der Waals surface area (Å²) in [6.45, 7) is 1.49. The molecule has 5 nitrogen and oxygen atoms in total. The summed E-state index contributed by atoms with van der Waals surface area (Å²) in [4.78, 5) is 29.2. The Morgan fingerprint density at radius 1 is 1.05 bits per heavy atom. The largest absolute Gasteiger partial charge is 0.481 e. The van der Waals surface area contributed by atoms with Gasteiger partial charge in [-0.05, 0) is 25.1 Å². The molecule has 0 aliphatic carbocycles. The number of rotatable bonds is 4. The van der Waals surface area contributed by atoms with Crippen LogP contribution in [0.15, 0.2) is 42.6 Å². The molecule has 0 saturated heterocycles. The van der Waals surface area contributed by atoms with E-state index in [0.717, 1.165) is 0 Å². The number of ketones is 1. The van der Waals surface area contributed by atoms with E-state index in [1.54, 1.807) is 49.6 Å². The van der Waals surface area contributed by atoms with Crippen molar-refractivity contribution in [3.63, 3.8) is 0 Å². The number of aromatic nitrogens is 1. The van der Waals surface area contributed by atoms with Crippen molar-refractivity contribution in [3.05, 3.63) is 53.7 Å². The third-order valence-corrected chi connectivity index (χ3v) is 3.16. The molecule has 0 bridgehead atoms. The third-order valence-electron chi connectivity index (χ3n) is 3.16. The molecule has 0 fully saturated rings. The molecular formula is C16H16N2O3. The number of amides is 1. The van der Waals surface area contributed by atoms with Gasteiger partial charge in [-0.15, -0.1) is 0 Å². The van der Waals surface area contributed by atoms with E-state index in [4.69, 9.17) is 4.74 Å². The van der Waals surface area contributed by atoms with Gasteiger partial charge in [0.25, 0.3) is 5.91 Å². The quantitative estimate of drug-likeness (QED) is 0.810. The Morgan fingerprint density at radius 2 is 1.67 bits per heavy atom. The smallest absolute Gasteiger partial charge is 0.258 e. The van der Waals surface area contributed by atoms with Crippen LogP contribution in [-0.4, -0.2) is 30.8 Å². The van der Waals surface area contributed by atoms with Crippen LogP contribution in [0.25, 0.3) is 0 Å². The normalized spacial score (nSPS) is 10.0. The number of hydrogen-bond acceptors (Lipinski definition) is 4. The van der Waals surface area contributed by atoms with Gasteiger partial charge in [-0.2, -0.15) is 0 Å². The first kappa shape index (κ1) is 14.7. The van der Waals surface area contributed by atoms with Gasteiger partial charge in [-0.1, -0.05) is 12.1 Å². The molecule has 0 aliphatic heterocycles. The monoisotopic (exact) mass is 284 g/mol. The third kappa shape index (κ3) is 3.25. The van der Waals surface area contributed by atoms with Crippen LogP contribution in [0.1, 0.15) is 27.6 Å². The first-order valence-electron chi connectivity index (χ1n) is 6.42. The molecule has 0 atom stereocenters. The maximum absolute atomic E-state index is 12.4. The maximum atomic E-state index is 12.4. The van der Waals surface area contributed by atoms with Crippen molar-refractivity contribution in [2.75, 3.05) is 19.1 Å². The molecule has 0 aliphatic rings. The van der Waals surface area contributed by atoms with Gasteiger partial charge in [0.15, 0.2) is 5.78 Å². The van der Waals surface area contributed by atoms with Gasteiger partial charge in [0.1, 0.15) is 0 Å². The van der Waals surface area contributed by atoms with Crippen LogP contribution in [0.4, 0.5) is 5.69 Å². The number of pyridine rings is 1. The van der Waals surface area contributed by atoms with E-state index in [1.165, 1.54) is 18.9 Å². The second-order valence-corrected chi connectivity index (χ2v) is 4.56. The number of ether oxygens (including phenoxy) is 1. The minimum Gasteiger partial charge on any atom is -0.481 e. The van der Waals surface area contributed by atoms with Gasteiger partial charge in [0, 0.05) is 24.2 Å². The lowest BCUT2D eigenvalue weighted by Gasteiger charge is -2.17. The SMILES string of the molecule is COc1ccc(N(C)C(=O)c2ccc(C(C)=O)cc2)cn1. The topological polar surface area (TPSA) is 59.5 Å². The molecule has 0 N–H and O–H groups in total. The zero-order chi connectivity index (χ0) is 15.4. The predicted octanol–water partition coefficient (Wildman–Crippen LogP) is 2.57. The van der Waals surface area contributed by atoms with E-state index >= 15 is 0 Å². The molecular weight excluding hydrogens is 268 g/mol. The highest BCUT2D eigenvalue weighted by Gasteiger charge is 2.14. The fourth-order valence-electron chi connectivity index (χ4n) is 1.85. The molecule has 0 spiro atoms. The summed E-state index contributed by atoms with van der Waals surface area (Å²) < 4.78 is 4.98. The Hall–Kier alpha value is -2.69. The lowest BCUT2D eigenvalue weighted by molar-refractivity contribution is 0.0987. The van der Waals surface area contributed by atoms with Gasteiger partial charge < -0.3 is 9.64 Å². The Kier molecular flexibility index (Phi) is 4.33. The van der Waals surface area contributed by atoms with Crippen molar-refractivity contribution in [2.24, 2.45) is 0 Å². The maximum Gasteiger partial charge on any atom is 0.258 e. The van der Waals surface area contributed by atoms with E-state index in [9.17, 15) is 9.59 Å². The summed E-state index contributed by atoms with van der Waals surface area (Å²) in [5.41, 5.74) is 1.76. The molecule has 2 rings (SSSR count). The molecule has 1 heterocycles. The number of Topliss-reactive ketones (excluding diaryl/α,β-unsaturated/α-hetero) is 1. The number of hydrogen-bond donors (Lipinski definition) is 0. The Balaban J connectivity index is 2.19. The summed E-state index contributed by atoms with van der Waals surface area (Å²) in [6, 6.07) is 10.0. The summed E-state index contributed by atoms with van der Waals surface area (Å²) >= 11 is 0. The van der Waals surface area contributed by atoms with Crippen molar-refractivity contribution in [1.82, 2.24) is 4.98 Å². The Morgan fingerprint density at radius 3 is 2.14 bits per heavy atom. The number of nitrogens with zero attached hydrogens (tertiary/aromatic N) is 2. The van der Waals surface area contributed by atoms with E-state index in [1.807, 2.05) is 0 Å². The summed E-state index contributed by atoms with van der Waals surface area (Å²) in [5.74, 6) is 0.296. The summed E-state index contributed by atoms with van der Waals surface area (Å²) in [6.07, 6.45) is 1.57. The Labute approximate surface area is 123 Å². The van der Waals surface area contributed by atoms with Gasteiger partial charge in [0.05, 0.1) is 19.0 Å². The number of methoxy groups -OCH3 is 1.